The number of amides is 2. The number of rotatable bonds is 14. The summed E-state index contributed by atoms with van der Waals surface area (Å²) in [6.07, 6.45) is 2.24. The van der Waals surface area contributed by atoms with Crippen LogP contribution in [0.4, 0.5) is 10.1 Å². The normalized spacial score (nSPS) is 12.0. The van der Waals surface area contributed by atoms with Crippen molar-refractivity contribution in [3.8, 4) is 0 Å². The Morgan fingerprint density at radius 2 is 1.62 bits per heavy atom. The lowest BCUT2D eigenvalue weighted by atomic mass is 10.0. The Labute approximate surface area is 237 Å². The molecule has 0 saturated carbocycles. The number of halogens is 1. The molecule has 0 aliphatic rings. The van der Waals surface area contributed by atoms with Crippen LogP contribution in [0.15, 0.2) is 78.9 Å². The highest BCUT2D eigenvalue weighted by Gasteiger charge is 2.30. The quantitative estimate of drug-likeness (QED) is 0.302. The number of sulfonamides is 1. The number of nitrogens with zero attached hydrogens (tertiary/aromatic N) is 2. The van der Waals surface area contributed by atoms with Gasteiger partial charge in [-0.1, -0.05) is 79.2 Å². The monoisotopic (exact) mass is 567 g/mol. The van der Waals surface area contributed by atoms with Crippen molar-refractivity contribution in [1.82, 2.24) is 10.2 Å². The number of para-hydroxylation sites is 1. The zero-order chi connectivity index (χ0) is 29.1. The van der Waals surface area contributed by atoms with Gasteiger partial charge in [-0.05, 0) is 43.0 Å². The van der Waals surface area contributed by atoms with Gasteiger partial charge in [-0.25, -0.2) is 12.8 Å². The van der Waals surface area contributed by atoms with Crippen molar-refractivity contribution in [3.05, 3.63) is 101 Å². The Morgan fingerprint density at radius 1 is 0.950 bits per heavy atom. The first-order valence-corrected chi connectivity index (χ1v) is 15.3. The zero-order valence-corrected chi connectivity index (χ0v) is 24.2. The van der Waals surface area contributed by atoms with Crippen LogP contribution in [0, 0.1) is 12.7 Å². The van der Waals surface area contributed by atoms with E-state index in [4.69, 9.17) is 0 Å². The molecular formula is C31H38FN3O4S. The molecule has 9 heteroatoms. The maximum absolute atomic E-state index is 14.4. The number of hydrogen-bond acceptors (Lipinski definition) is 4. The highest BCUT2D eigenvalue weighted by atomic mass is 32.2. The van der Waals surface area contributed by atoms with Gasteiger partial charge < -0.3 is 10.2 Å². The molecule has 0 saturated heterocycles. The largest absolute Gasteiger partial charge is 0.354 e. The van der Waals surface area contributed by atoms with Gasteiger partial charge in [0.1, 0.15) is 11.9 Å². The Kier molecular flexibility index (Phi) is 11.3. The van der Waals surface area contributed by atoms with Gasteiger partial charge in [0.2, 0.25) is 21.8 Å². The topological polar surface area (TPSA) is 86.8 Å². The summed E-state index contributed by atoms with van der Waals surface area (Å²) in [6, 6.07) is 22.2. The smallest absolute Gasteiger partial charge is 0.243 e. The van der Waals surface area contributed by atoms with Crippen LogP contribution in [0.3, 0.4) is 0 Å². The van der Waals surface area contributed by atoms with Crippen molar-refractivity contribution in [2.75, 3.05) is 23.7 Å². The molecule has 1 unspecified atom stereocenters. The summed E-state index contributed by atoms with van der Waals surface area (Å²) < 4.78 is 40.4. The van der Waals surface area contributed by atoms with Crippen molar-refractivity contribution in [2.45, 2.75) is 52.1 Å². The van der Waals surface area contributed by atoms with E-state index >= 15 is 0 Å². The minimum Gasteiger partial charge on any atom is -0.354 e. The van der Waals surface area contributed by atoms with Gasteiger partial charge in [0.05, 0.1) is 11.9 Å². The summed E-state index contributed by atoms with van der Waals surface area (Å²) in [6.45, 7) is 4.57. The molecule has 1 N–H and O–H groups in total. The molecule has 40 heavy (non-hydrogen) atoms. The molecule has 0 aromatic heterocycles. The first-order chi connectivity index (χ1) is 19.1. The highest BCUT2D eigenvalue weighted by Crippen LogP contribution is 2.23. The van der Waals surface area contributed by atoms with Gasteiger partial charge in [-0.2, -0.15) is 0 Å². The molecule has 0 bridgehead atoms. The number of hydrogen-bond donors (Lipinski definition) is 1. The van der Waals surface area contributed by atoms with Crippen molar-refractivity contribution in [3.63, 3.8) is 0 Å². The van der Waals surface area contributed by atoms with Crippen LogP contribution in [0.5, 0.6) is 0 Å². The molecule has 0 spiro atoms. The van der Waals surface area contributed by atoms with E-state index in [1.807, 2.05) is 68.4 Å². The Hall–Kier alpha value is -3.72. The van der Waals surface area contributed by atoms with Crippen LogP contribution in [0.1, 0.15) is 42.9 Å². The van der Waals surface area contributed by atoms with E-state index in [9.17, 15) is 22.4 Å². The maximum atomic E-state index is 14.4. The second-order valence-electron chi connectivity index (χ2n) is 9.90. The number of nitrogens with one attached hydrogen (secondary N) is 1. The summed E-state index contributed by atoms with van der Waals surface area (Å²) >= 11 is 0. The van der Waals surface area contributed by atoms with Gasteiger partial charge in [0.25, 0.3) is 0 Å². The standard InChI is InChI=1S/C31H38FN3O4S/c1-4-19-33-31(37)29(22-25-13-6-5-7-14-25)34(23-26-15-10-12-24(2)21-26)30(36)18-11-20-35(40(3,38)39)28-17-9-8-16-27(28)32/h5-10,12-17,21,29H,4,11,18-20,22-23H2,1-3H3,(H,33,37). The molecule has 0 aliphatic heterocycles. The summed E-state index contributed by atoms with van der Waals surface area (Å²) in [5.41, 5.74) is 2.78. The van der Waals surface area contributed by atoms with Crippen LogP contribution in [-0.4, -0.2) is 50.5 Å². The third kappa shape index (κ3) is 8.91. The first-order valence-electron chi connectivity index (χ1n) is 13.5. The Balaban J connectivity index is 1.88. The molecule has 214 valence electrons. The predicted molar refractivity (Wildman–Crippen MR) is 157 cm³/mol. The van der Waals surface area contributed by atoms with Crippen LogP contribution in [0.2, 0.25) is 0 Å². The predicted octanol–water partition coefficient (Wildman–Crippen LogP) is 4.85. The van der Waals surface area contributed by atoms with E-state index < -0.39 is 21.9 Å². The minimum atomic E-state index is -3.79. The van der Waals surface area contributed by atoms with Gasteiger partial charge in [0, 0.05) is 32.5 Å². The molecule has 0 fully saturated rings. The minimum absolute atomic E-state index is 0.0152. The van der Waals surface area contributed by atoms with Crippen molar-refractivity contribution in [2.24, 2.45) is 0 Å². The highest BCUT2D eigenvalue weighted by molar-refractivity contribution is 7.92. The SMILES string of the molecule is CCCNC(=O)C(Cc1ccccc1)N(Cc1cccc(C)c1)C(=O)CCCN(c1ccccc1F)S(C)(=O)=O. The van der Waals surface area contributed by atoms with Gasteiger partial charge in [-0.15, -0.1) is 0 Å². The lowest BCUT2D eigenvalue weighted by Gasteiger charge is -2.32. The molecule has 0 heterocycles. The lowest BCUT2D eigenvalue weighted by molar-refractivity contribution is -0.141. The van der Waals surface area contributed by atoms with Crippen LogP contribution < -0.4 is 9.62 Å². The third-order valence-corrected chi connectivity index (χ3v) is 7.71. The van der Waals surface area contributed by atoms with E-state index in [2.05, 4.69) is 5.32 Å². The number of anilines is 1. The number of benzene rings is 3. The fourth-order valence-electron chi connectivity index (χ4n) is 4.56. The summed E-state index contributed by atoms with van der Waals surface area (Å²) in [7, 11) is -3.79. The number of carbonyl (C=O) groups is 2. The van der Waals surface area contributed by atoms with Crippen LogP contribution in [-0.2, 0) is 32.6 Å². The van der Waals surface area contributed by atoms with Crippen LogP contribution in [0.25, 0.3) is 0 Å². The maximum Gasteiger partial charge on any atom is 0.243 e. The molecular weight excluding hydrogens is 529 g/mol. The van der Waals surface area contributed by atoms with Crippen molar-refractivity contribution in [1.29, 1.82) is 0 Å². The van der Waals surface area contributed by atoms with Crippen molar-refractivity contribution >= 4 is 27.5 Å². The molecule has 3 aromatic rings. The second kappa shape index (κ2) is 14.6. The van der Waals surface area contributed by atoms with E-state index in [0.717, 1.165) is 33.7 Å². The van der Waals surface area contributed by atoms with E-state index in [1.54, 1.807) is 11.0 Å². The third-order valence-electron chi connectivity index (χ3n) is 6.53. The van der Waals surface area contributed by atoms with Gasteiger partial charge in [0.15, 0.2) is 0 Å². The number of aryl methyl sites for hydroxylation is 1. The molecule has 3 rings (SSSR count). The Bertz CT molecular complexity index is 1380. The average molecular weight is 568 g/mol. The van der Waals surface area contributed by atoms with E-state index in [-0.39, 0.29) is 43.4 Å². The van der Waals surface area contributed by atoms with Crippen molar-refractivity contribution < 1.29 is 22.4 Å². The van der Waals surface area contributed by atoms with Crippen LogP contribution >= 0.6 is 0 Å². The average Bonchev–Trinajstić information content (AvgIpc) is 2.92. The number of carbonyl (C=O) groups excluding carboxylic acids is 2. The van der Waals surface area contributed by atoms with Gasteiger partial charge in [-0.3, -0.25) is 13.9 Å². The lowest BCUT2D eigenvalue weighted by Crippen LogP contribution is -2.50. The van der Waals surface area contributed by atoms with Gasteiger partial charge >= 0.3 is 0 Å². The Morgan fingerprint density at radius 3 is 2.27 bits per heavy atom. The molecule has 0 radical (unpaired) electrons. The second-order valence-corrected chi connectivity index (χ2v) is 11.8. The molecule has 0 aliphatic carbocycles. The zero-order valence-electron chi connectivity index (χ0n) is 23.3. The summed E-state index contributed by atoms with van der Waals surface area (Å²) in [4.78, 5) is 28.8. The summed E-state index contributed by atoms with van der Waals surface area (Å²) in [5.74, 6) is -1.18. The fourth-order valence-corrected chi connectivity index (χ4v) is 5.53. The first kappa shape index (κ1) is 30.8. The van der Waals surface area contributed by atoms with E-state index in [1.165, 1.54) is 18.2 Å². The summed E-state index contributed by atoms with van der Waals surface area (Å²) in [5, 5.41) is 2.95. The molecule has 7 nitrogen and oxygen atoms in total. The fraction of sp³-hybridized carbons (Fsp3) is 0.355. The van der Waals surface area contributed by atoms with E-state index in [0.29, 0.717) is 13.0 Å². The molecule has 1 atom stereocenters. The molecule has 3 aromatic carbocycles. The molecule has 2 amide bonds.